The molecule has 1 amide bonds. The van der Waals surface area contributed by atoms with E-state index in [1.54, 1.807) is 11.9 Å². The van der Waals surface area contributed by atoms with E-state index in [1.807, 2.05) is 6.92 Å². The SMILES string of the molecule is CNCC(C)C(=O)N(Cc1cc(F)ccc1F)C1CCCC1.Cl. The molecule has 1 aliphatic carbocycles. The molecule has 23 heavy (non-hydrogen) atoms. The van der Waals surface area contributed by atoms with Crippen molar-refractivity contribution in [3.05, 3.63) is 35.4 Å². The minimum absolute atomic E-state index is 0. The van der Waals surface area contributed by atoms with E-state index < -0.39 is 11.6 Å². The summed E-state index contributed by atoms with van der Waals surface area (Å²) in [7, 11) is 1.80. The largest absolute Gasteiger partial charge is 0.335 e. The molecule has 0 spiro atoms. The van der Waals surface area contributed by atoms with Crippen molar-refractivity contribution in [1.82, 2.24) is 10.2 Å². The lowest BCUT2D eigenvalue weighted by Gasteiger charge is -2.31. The lowest BCUT2D eigenvalue weighted by atomic mass is 10.1. The number of amides is 1. The average Bonchev–Trinajstić information content (AvgIpc) is 3.01. The molecule has 1 atom stereocenters. The molecule has 1 unspecified atom stereocenters. The van der Waals surface area contributed by atoms with Crippen molar-refractivity contribution < 1.29 is 13.6 Å². The number of nitrogens with one attached hydrogen (secondary N) is 1. The van der Waals surface area contributed by atoms with Gasteiger partial charge in [0, 0.05) is 30.6 Å². The summed E-state index contributed by atoms with van der Waals surface area (Å²) in [6.07, 6.45) is 4.05. The van der Waals surface area contributed by atoms with Crippen molar-refractivity contribution in [1.29, 1.82) is 0 Å². The first-order valence-electron chi connectivity index (χ1n) is 7.92. The van der Waals surface area contributed by atoms with E-state index in [9.17, 15) is 13.6 Å². The van der Waals surface area contributed by atoms with Gasteiger partial charge in [0.15, 0.2) is 0 Å². The van der Waals surface area contributed by atoms with Gasteiger partial charge in [-0.25, -0.2) is 8.78 Å². The van der Waals surface area contributed by atoms with Gasteiger partial charge in [0.25, 0.3) is 0 Å². The molecule has 0 bridgehead atoms. The van der Waals surface area contributed by atoms with Crippen LogP contribution in [0.5, 0.6) is 0 Å². The van der Waals surface area contributed by atoms with Crippen LogP contribution in [0.15, 0.2) is 18.2 Å². The lowest BCUT2D eigenvalue weighted by molar-refractivity contribution is -0.137. The van der Waals surface area contributed by atoms with Crippen molar-refractivity contribution in [2.75, 3.05) is 13.6 Å². The highest BCUT2D eigenvalue weighted by Crippen LogP contribution is 2.27. The zero-order chi connectivity index (χ0) is 16.1. The molecule has 6 heteroatoms. The minimum atomic E-state index is -0.474. The van der Waals surface area contributed by atoms with Gasteiger partial charge >= 0.3 is 0 Å². The first-order chi connectivity index (χ1) is 10.5. The van der Waals surface area contributed by atoms with Gasteiger partial charge in [-0.3, -0.25) is 4.79 Å². The van der Waals surface area contributed by atoms with Gasteiger partial charge in [-0.15, -0.1) is 12.4 Å². The fraction of sp³-hybridized carbons (Fsp3) is 0.588. The second kappa shape index (κ2) is 9.18. The van der Waals surface area contributed by atoms with E-state index in [2.05, 4.69) is 5.32 Å². The number of hydrogen-bond acceptors (Lipinski definition) is 2. The summed E-state index contributed by atoms with van der Waals surface area (Å²) in [5.41, 5.74) is 0.247. The number of halogens is 3. The Morgan fingerprint density at radius 2 is 2.00 bits per heavy atom. The fourth-order valence-electron chi connectivity index (χ4n) is 3.13. The predicted octanol–water partition coefficient (Wildman–Crippen LogP) is 3.51. The Kier molecular flexibility index (Phi) is 7.92. The fourth-order valence-corrected chi connectivity index (χ4v) is 3.13. The Labute approximate surface area is 142 Å². The highest BCUT2D eigenvalue weighted by Gasteiger charge is 2.30. The van der Waals surface area contributed by atoms with Crippen molar-refractivity contribution in [2.45, 2.75) is 45.2 Å². The quantitative estimate of drug-likeness (QED) is 0.854. The van der Waals surface area contributed by atoms with Gasteiger partial charge in [-0.2, -0.15) is 0 Å². The second-order valence-electron chi connectivity index (χ2n) is 6.10. The molecule has 0 aliphatic heterocycles. The number of benzene rings is 1. The van der Waals surface area contributed by atoms with Gasteiger partial charge in [0.05, 0.1) is 0 Å². The van der Waals surface area contributed by atoms with Crippen LogP contribution in [0.3, 0.4) is 0 Å². The topological polar surface area (TPSA) is 32.3 Å². The molecule has 130 valence electrons. The normalized spacial score (nSPS) is 16.0. The molecule has 0 aromatic heterocycles. The summed E-state index contributed by atoms with van der Waals surface area (Å²) in [5.74, 6) is -1.11. The van der Waals surface area contributed by atoms with E-state index in [0.29, 0.717) is 6.54 Å². The van der Waals surface area contributed by atoms with Gasteiger partial charge in [0.2, 0.25) is 5.91 Å². The van der Waals surface area contributed by atoms with E-state index in [1.165, 1.54) is 6.07 Å². The van der Waals surface area contributed by atoms with Gasteiger partial charge in [0.1, 0.15) is 11.6 Å². The third-order valence-electron chi connectivity index (χ3n) is 4.33. The molecule has 1 aliphatic rings. The number of nitrogens with zero attached hydrogens (tertiary/aromatic N) is 1. The van der Waals surface area contributed by atoms with Crippen LogP contribution in [0.1, 0.15) is 38.2 Å². The lowest BCUT2D eigenvalue weighted by Crippen LogP contribution is -2.43. The molecular weight excluding hydrogens is 322 g/mol. The summed E-state index contributed by atoms with van der Waals surface area (Å²) >= 11 is 0. The zero-order valence-corrected chi connectivity index (χ0v) is 14.5. The van der Waals surface area contributed by atoms with E-state index >= 15 is 0 Å². The van der Waals surface area contributed by atoms with E-state index in [4.69, 9.17) is 0 Å². The first-order valence-corrected chi connectivity index (χ1v) is 7.92. The maximum Gasteiger partial charge on any atom is 0.227 e. The third kappa shape index (κ3) is 5.15. The van der Waals surface area contributed by atoms with Crippen LogP contribution in [-0.4, -0.2) is 30.4 Å². The van der Waals surface area contributed by atoms with E-state index in [0.717, 1.165) is 37.8 Å². The van der Waals surface area contributed by atoms with E-state index in [-0.39, 0.29) is 42.4 Å². The smallest absolute Gasteiger partial charge is 0.227 e. The Hall–Kier alpha value is -1.20. The van der Waals surface area contributed by atoms with Gasteiger partial charge in [-0.1, -0.05) is 19.8 Å². The molecular formula is C17H25ClF2N2O. The van der Waals surface area contributed by atoms with Crippen molar-refractivity contribution in [3.63, 3.8) is 0 Å². The van der Waals surface area contributed by atoms with Crippen LogP contribution in [0, 0.1) is 17.6 Å². The number of carbonyl (C=O) groups excluding carboxylic acids is 1. The number of hydrogen-bond donors (Lipinski definition) is 1. The van der Waals surface area contributed by atoms with Gasteiger partial charge in [-0.05, 0) is 38.1 Å². The Bertz CT molecular complexity index is 521. The highest BCUT2D eigenvalue weighted by molar-refractivity contribution is 5.85. The maximum atomic E-state index is 13.9. The minimum Gasteiger partial charge on any atom is -0.335 e. The summed E-state index contributed by atoms with van der Waals surface area (Å²) in [5, 5.41) is 3.00. The van der Waals surface area contributed by atoms with Gasteiger partial charge < -0.3 is 10.2 Å². The molecule has 1 saturated carbocycles. The summed E-state index contributed by atoms with van der Waals surface area (Å²) < 4.78 is 27.3. The van der Waals surface area contributed by atoms with Crippen LogP contribution in [0.4, 0.5) is 8.78 Å². The Morgan fingerprint density at radius 3 is 2.61 bits per heavy atom. The maximum absolute atomic E-state index is 13.9. The number of rotatable bonds is 6. The third-order valence-corrected chi connectivity index (χ3v) is 4.33. The molecule has 0 saturated heterocycles. The summed E-state index contributed by atoms with van der Waals surface area (Å²) in [6, 6.07) is 3.55. The van der Waals surface area contributed by atoms with Crippen molar-refractivity contribution >= 4 is 18.3 Å². The molecule has 3 nitrogen and oxygen atoms in total. The number of carbonyl (C=O) groups is 1. The van der Waals surface area contributed by atoms with Crippen LogP contribution >= 0.6 is 12.4 Å². The first kappa shape index (κ1) is 19.8. The summed E-state index contributed by atoms with van der Waals surface area (Å²) in [4.78, 5) is 14.4. The Balaban J connectivity index is 0.00000264. The zero-order valence-electron chi connectivity index (χ0n) is 13.6. The monoisotopic (exact) mass is 346 g/mol. The van der Waals surface area contributed by atoms with Crippen LogP contribution in [0.25, 0.3) is 0 Å². The van der Waals surface area contributed by atoms with Crippen molar-refractivity contribution in [2.24, 2.45) is 5.92 Å². The average molecular weight is 347 g/mol. The highest BCUT2D eigenvalue weighted by atomic mass is 35.5. The van der Waals surface area contributed by atoms with Crippen LogP contribution in [-0.2, 0) is 11.3 Å². The second-order valence-corrected chi connectivity index (χ2v) is 6.10. The van der Waals surface area contributed by atoms with Crippen molar-refractivity contribution in [3.8, 4) is 0 Å². The molecule has 2 rings (SSSR count). The molecule has 1 aromatic rings. The summed E-state index contributed by atoms with van der Waals surface area (Å²) in [6.45, 7) is 2.58. The van der Waals surface area contributed by atoms with Crippen LogP contribution < -0.4 is 5.32 Å². The molecule has 0 radical (unpaired) electrons. The van der Waals surface area contributed by atoms with Crippen LogP contribution in [0.2, 0.25) is 0 Å². The standard InChI is InChI=1S/C17H24F2N2O.ClH/c1-12(10-20-2)17(22)21(15-5-3-4-6-15)11-13-9-14(18)7-8-16(13)19;/h7-9,12,15,20H,3-6,10-11H2,1-2H3;1H. The molecule has 1 fully saturated rings. The Morgan fingerprint density at radius 1 is 1.35 bits per heavy atom. The predicted molar refractivity (Wildman–Crippen MR) is 89.5 cm³/mol. The molecule has 1 aromatic carbocycles. The molecule has 1 N–H and O–H groups in total. The molecule has 0 heterocycles.